The van der Waals surface area contributed by atoms with Crippen LogP contribution in [0.15, 0.2) is 199 Å². The SMILES string of the molecule is c1ccc(-c2cccc(N(c3ccc(-c4ccc5ccccc5c4)c(-c4ccccc4)c3)c3cc4ccccc4c4oc5cnccc5c34)c2)cc1. The molecule has 2 aromatic heterocycles. The average molecular weight is 665 g/mol. The van der Waals surface area contributed by atoms with Crippen LogP contribution in [-0.2, 0) is 0 Å². The van der Waals surface area contributed by atoms with Crippen molar-refractivity contribution in [1.82, 2.24) is 4.98 Å². The van der Waals surface area contributed by atoms with E-state index in [-0.39, 0.29) is 0 Å². The summed E-state index contributed by atoms with van der Waals surface area (Å²) in [5.41, 5.74) is 11.8. The molecule has 3 nitrogen and oxygen atoms in total. The lowest BCUT2D eigenvalue weighted by Crippen LogP contribution is -2.11. The normalized spacial score (nSPS) is 11.5. The number of pyridine rings is 1. The first-order valence-electron chi connectivity index (χ1n) is 17.6. The van der Waals surface area contributed by atoms with E-state index in [9.17, 15) is 0 Å². The number of hydrogen-bond acceptors (Lipinski definition) is 3. The van der Waals surface area contributed by atoms with E-state index in [1.807, 2.05) is 12.4 Å². The Labute approximate surface area is 301 Å². The van der Waals surface area contributed by atoms with Crippen LogP contribution in [0.2, 0.25) is 0 Å². The van der Waals surface area contributed by atoms with Gasteiger partial charge in [-0.05, 0) is 92.0 Å². The second-order valence-electron chi connectivity index (χ2n) is 13.2. The Morgan fingerprint density at radius 2 is 1.13 bits per heavy atom. The predicted molar refractivity (Wildman–Crippen MR) is 218 cm³/mol. The van der Waals surface area contributed by atoms with Crippen LogP contribution in [0.1, 0.15) is 0 Å². The van der Waals surface area contributed by atoms with E-state index in [1.54, 1.807) is 0 Å². The minimum Gasteiger partial charge on any atom is -0.454 e. The van der Waals surface area contributed by atoms with Gasteiger partial charge in [-0.15, -0.1) is 0 Å². The van der Waals surface area contributed by atoms with E-state index >= 15 is 0 Å². The number of fused-ring (bicyclic) bond motifs is 6. The molecule has 0 aliphatic carbocycles. The maximum Gasteiger partial charge on any atom is 0.153 e. The molecule has 10 aromatic rings. The smallest absolute Gasteiger partial charge is 0.153 e. The zero-order valence-electron chi connectivity index (χ0n) is 28.3. The Balaban J connectivity index is 1.27. The second kappa shape index (κ2) is 12.4. The van der Waals surface area contributed by atoms with E-state index in [0.29, 0.717) is 0 Å². The first-order valence-corrected chi connectivity index (χ1v) is 17.6. The highest BCUT2D eigenvalue weighted by atomic mass is 16.3. The van der Waals surface area contributed by atoms with Crippen molar-refractivity contribution in [3.05, 3.63) is 194 Å². The maximum atomic E-state index is 6.64. The Kier molecular flexibility index (Phi) is 7.14. The van der Waals surface area contributed by atoms with Crippen LogP contribution in [0.25, 0.3) is 76.9 Å². The number of rotatable bonds is 6. The minimum absolute atomic E-state index is 0.768. The van der Waals surface area contributed by atoms with E-state index in [1.165, 1.54) is 27.5 Å². The number of anilines is 3. The van der Waals surface area contributed by atoms with Crippen molar-refractivity contribution in [3.8, 4) is 33.4 Å². The molecular formula is C49H32N2O. The number of aromatic nitrogens is 1. The Hall–Kier alpha value is -6.97. The molecular weight excluding hydrogens is 633 g/mol. The average Bonchev–Trinajstić information content (AvgIpc) is 3.62. The molecule has 0 saturated heterocycles. The number of furan rings is 1. The third-order valence-corrected chi connectivity index (χ3v) is 10.1. The van der Waals surface area contributed by atoms with Gasteiger partial charge in [-0.2, -0.15) is 0 Å². The molecule has 0 unspecified atom stereocenters. The van der Waals surface area contributed by atoms with E-state index in [4.69, 9.17) is 4.42 Å². The Bertz CT molecular complexity index is 2910. The molecule has 244 valence electrons. The van der Waals surface area contributed by atoms with Gasteiger partial charge in [0.2, 0.25) is 0 Å². The van der Waals surface area contributed by atoms with Gasteiger partial charge >= 0.3 is 0 Å². The van der Waals surface area contributed by atoms with Gasteiger partial charge in [0.05, 0.1) is 17.3 Å². The summed E-state index contributed by atoms with van der Waals surface area (Å²) in [6.07, 6.45) is 3.67. The van der Waals surface area contributed by atoms with Gasteiger partial charge in [0, 0.05) is 28.3 Å². The van der Waals surface area contributed by atoms with E-state index in [0.717, 1.165) is 66.5 Å². The summed E-state index contributed by atoms with van der Waals surface area (Å²) in [7, 11) is 0. The lowest BCUT2D eigenvalue weighted by Gasteiger charge is -2.28. The van der Waals surface area contributed by atoms with E-state index in [2.05, 4.69) is 192 Å². The molecule has 0 N–H and O–H groups in total. The van der Waals surface area contributed by atoms with Crippen molar-refractivity contribution in [2.45, 2.75) is 0 Å². The molecule has 0 atom stereocenters. The van der Waals surface area contributed by atoms with Gasteiger partial charge in [0.1, 0.15) is 5.58 Å². The number of benzene rings is 8. The summed E-state index contributed by atoms with van der Waals surface area (Å²) in [6.45, 7) is 0. The van der Waals surface area contributed by atoms with Crippen molar-refractivity contribution in [2.24, 2.45) is 0 Å². The third-order valence-electron chi connectivity index (χ3n) is 10.1. The fourth-order valence-corrected chi connectivity index (χ4v) is 7.64. The maximum absolute atomic E-state index is 6.64. The number of hydrogen-bond donors (Lipinski definition) is 0. The zero-order chi connectivity index (χ0) is 34.4. The van der Waals surface area contributed by atoms with Crippen molar-refractivity contribution < 1.29 is 4.42 Å². The van der Waals surface area contributed by atoms with Crippen molar-refractivity contribution in [1.29, 1.82) is 0 Å². The summed E-state index contributed by atoms with van der Waals surface area (Å²) in [5, 5.41) is 6.73. The van der Waals surface area contributed by atoms with Crippen LogP contribution in [-0.4, -0.2) is 4.98 Å². The fraction of sp³-hybridized carbons (Fsp3) is 0. The van der Waals surface area contributed by atoms with Gasteiger partial charge in [0.25, 0.3) is 0 Å². The molecule has 0 bridgehead atoms. The molecule has 52 heavy (non-hydrogen) atoms. The molecule has 0 saturated carbocycles. The fourth-order valence-electron chi connectivity index (χ4n) is 7.64. The van der Waals surface area contributed by atoms with Gasteiger partial charge < -0.3 is 9.32 Å². The molecule has 0 spiro atoms. The van der Waals surface area contributed by atoms with Crippen molar-refractivity contribution in [3.63, 3.8) is 0 Å². The highest BCUT2D eigenvalue weighted by Gasteiger charge is 2.23. The molecule has 3 heteroatoms. The first-order chi connectivity index (χ1) is 25.8. The summed E-state index contributed by atoms with van der Waals surface area (Å²) >= 11 is 0. The minimum atomic E-state index is 0.768. The Morgan fingerprint density at radius 1 is 0.423 bits per heavy atom. The molecule has 2 heterocycles. The van der Waals surface area contributed by atoms with Crippen LogP contribution >= 0.6 is 0 Å². The van der Waals surface area contributed by atoms with Crippen LogP contribution in [0.5, 0.6) is 0 Å². The first kappa shape index (κ1) is 29.9. The van der Waals surface area contributed by atoms with Crippen LogP contribution in [0, 0.1) is 0 Å². The highest BCUT2D eigenvalue weighted by molar-refractivity contribution is 6.22. The van der Waals surface area contributed by atoms with Gasteiger partial charge in [0.15, 0.2) is 5.58 Å². The molecule has 8 aromatic carbocycles. The molecule has 10 rings (SSSR count). The Morgan fingerprint density at radius 3 is 1.98 bits per heavy atom. The predicted octanol–water partition coefficient (Wildman–Crippen LogP) is 13.8. The van der Waals surface area contributed by atoms with Gasteiger partial charge in [-0.25, -0.2) is 0 Å². The van der Waals surface area contributed by atoms with Crippen LogP contribution in [0.3, 0.4) is 0 Å². The molecule has 0 aliphatic rings. The lowest BCUT2D eigenvalue weighted by atomic mass is 9.92. The molecule has 0 aliphatic heterocycles. The number of nitrogens with zero attached hydrogens (tertiary/aromatic N) is 2. The standard InChI is InChI=1S/C49H32N2O/c1-3-12-33(13-4-1)37-19-11-20-40(29-37)51(46-30-38-18-9-10-21-43(38)49-48(46)44-26-27-50-32-47(44)52-49)41-24-25-42(45(31-41)35-15-5-2-6-16-35)39-23-22-34-14-7-8-17-36(34)28-39/h1-32H. The summed E-state index contributed by atoms with van der Waals surface area (Å²) < 4.78 is 6.64. The summed E-state index contributed by atoms with van der Waals surface area (Å²) in [6, 6.07) is 65.2. The van der Waals surface area contributed by atoms with Crippen molar-refractivity contribution in [2.75, 3.05) is 4.90 Å². The quantitative estimate of drug-likeness (QED) is 0.177. The summed E-state index contributed by atoms with van der Waals surface area (Å²) in [4.78, 5) is 6.82. The molecule has 0 fully saturated rings. The lowest BCUT2D eigenvalue weighted by molar-refractivity contribution is 0.670. The molecule has 0 amide bonds. The summed E-state index contributed by atoms with van der Waals surface area (Å²) in [5.74, 6) is 0. The van der Waals surface area contributed by atoms with Crippen LogP contribution in [0.4, 0.5) is 17.1 Å². The second-order valence-corrected chi connectivity index (χ2v) is 13.2. The van der Waals surface area contributed by atoms with E-state index < -0.39 is 0 Å². The topological polar surface area (TPSA) is 29.3 Å². The largest absolute Gasteiger partial charge is 0.454 e. The van der Waals surface area contributed by atoms with Crippen LogP contribution < -0.4 is 4.90 Å². The van der Waals surface area contributed by atoms with Gasteiger partial charge in [-0.1, -0.05) is 140 Å². The molecule has 0 radical (unpaired) electrons. The zero-order valence-corrected chi connectivity index (χ0v) is 28.3. The van der Waals surface area contributed by atoms with Gasteiger partial charge in [-0.3, -0.25) is 4.98 Å². The third kappa shape index (κ3) is 5.10. The highest BCUT2D eigenvalue weighted by Crippen LogP contribution is 2.48. The monoisotopic (exact) mass is 664 g/mol. The van der Waals surface area contributed by atoms with Crippen molar-refractivity contribution >= 4 is 60.5 Å².